The van der Waals surface area contributed by atoms with Crippen LogP contribution >= 0.6 is 0 Å². The van der Waals surface area contributed by atoms with Gasteiger partial charge < -0.3 is 24.8 Å². The number of carbonyl (C=O) groups is 2. The maximum absolute atomic E-state index is 13.2. The molecular weight excluding hydrogens is 458 g/mol. The van der Waals surface area contributed by atoms with Gasteiger partial charge >= 0.3 is 0 Å². The lowest BCUT2D eigenvalue weighted by molar-refractivity contribution is -0.120. The molecule has 2 amide bonds. The number of benzene rings is 2. The molecule has 0 saturated heterocycles. The lowest BCUT2D eigenvalue weighted by atomic mass is 10.0. The van der Waals surface area contributed by atoms with Crippen molar-refractivity contribution in [3.63, 3.8) is 0 Å². The Kier molecular flexibility index (Phi) is 6.95. The van der Waals surface area contributed by atoms with Gasteiger partial charge in [-0.05, 0) is 56.7 Å². The highest BCUT2D eigenvalue weighted by molar-refractivity contribution is 6.03. The summed E-state index contributed by atoms with van der Waals surface area (Å²) < 4.78 is 11.7. The third-order valence-electron chi connectivity index (χ3n) is 5.45. The van der Waals surface area contributed by atoms with E-state index in [1.807, 2.05) is 25.1 Å². The quantitative estimate of drug-likeness (QED) is 0.549. The zero-order valence-electron chi connectivity index (χ0n) is 20.5. The number of amides is 2. The van der Waals surface area contributed by atoms with Crippen LogP contribution in [0.3, 0.4) is 0 Å². The molecule has 1 aliphatic rings. The number of nitrogens with zero attached hydrogens (tertiary/aromatic N) is 2. The summed E-state index contributed by atoms with van der Waals surface area (Å²) in [7, 11) is 1.63. The van der Waals surface area contributed by atoms with Crippen molar-refractivity contribution in [3.05, 3.63) is 77.6 Å². The fraction of sp³-hybridized carbons (Fsp3) is 0.250. The minimum atomic E-state index is -1.14. The van der Waals surface area contributed by atoms with Gasteiger partial charge in [0.05, 0.1) is 5.69 Å². The van der Waals surface area contributed by atoms with E-state index in [4.69, 9.17) is 9.47 Å². The molecule has 4 rings (SSSR count). The highest BCUT2D eigenvalue weighted by Crippen LogP contribution is 2.33. The molecule has 1 unspecified atom stereocenters. The van der Waals surface area contributed by atoms with E-state index in [0.717, 1.165) is 5.56 Å². The first-order valence-corrected chi connectivity index (χ1v) is 11.4. The van der Waals surface area contributed by atoms with Gasteiger partial charge in [0.2, 0.25) is 0 Å². The molecule has 36 heavy (non-hydrogen) atoms. The van der Waals surface area contributed by atoms with E-state index < -0.39 is 17.6 Å². The average Bonchev–Trinajstić information content (AvgIpc) is 2.95. The van der Waals surface area contributed by atoms with Crippen LogP contribution < -0.4 is 19.7 Å². The number of anilines is 1. The summed E-state index contributed by atoms with van der Waals surface area (Å²) in [4.78, 5) is 31.7. The number of aromatic nitrogens is 1. The van der Waals surface area contributed by atoms with E-state index in [1.54, 1.807) is 51.2 Å². The second kappa shape index (κ2) is 10.1. The molecule has 1 aromatic heterocycles. The zero-order valence-corrected chi connectivity index (χ0v) is 20.5. The number of hydrogen-bond donors (Lipinski definition) is 2. The number of pyridine rings is 1. The average molecular weight is 486 g/mol. The molecule has 184 valence electrons. The molecule has 8 heteroatoms. The first-order chi connectivity index (χ1) is 17.1. The zero-order chi connectivity index (χ0) is 25.9. The predicted molar refractivity (Wildman–Crippen MR) is 135 cm³/mol. The first-order valence-electron chi connectivity index (χ1n) is 11.4. The van der Waals surface area contributed by atoms with E-state index in [-0.39, 0.29) is 18.2 Å². The van der Waals surface area contributed by atoms with Crippen LogP contribution in [0.5, 0.6) is 17.2 Å². The summed E-state index contributed by atoms with van der Waals surface area (Å²) >= 11 is 0. The predicted octanol–water partition coefficient (Wildman–Crippen LogP) is 3.46. The number of ether oxygens (including phenoxy) is 2. The number of para-hydroxylation sites is 1. The van der Waals surface area contributed by atoms with Crippen molar-refractivity contribution in [1.29, 1.82) is 0 Å². The molecule has 1 atom stereocenters. The van der Waals surface area contributed by atoms with Gasteiger partial charge in [-0.25, -0.2) is 0 Å². The van der Waals surface area contributed by atoms with E-state index in [2.05, 4.69) is 22.1 Å². The molecule has 2 aromatic carbocycles. The molecule has 8 nitrogen and oxygen atoms in total. The lowest BCUT2D eigenvalue weighted by Gasteiger charge is -2.21. The molecule has 0 bridgehead atoms. The third kappa shape index (κ3) is 5.82. The fourth-order valence-electron chi connectivity index (χ4n) is 3.56. The number of aliphatic hydroxyl groups is 1. The Hall–Kier alpha value is -4.35. The molecule has 2 heterocycles. The smallest absolute Gasteiger partial charge is 0.270 e. The van der Waals surface area contributed by atoms with Crippen molar-refractivity contribution in [3.8, 4) is 29.1 Å². The topological polar surface area (TPSA) is 101 Å². The van der Waals surface area contributed by atoms with Gasteiger partial charge in [0.15, 0.2) is 0 Å². The Morgan fingerprint density at radius 1 is 1.19 bits per heavy atom. The summed E-state index contributed by atoms with van der Waals surface area (Å²) in [6.45, 7) is 5.01. The van der Waals surface area contributed by atoms with Crippen LogP contribution in [-0.2, 0) is 4.79 Å². The van der Waals surface area contributed by atoms with E-state index >= 15 is 0 Å². The van der Waals surface area contributed by atoms with Crippen LogP contribution in [0.1, 0.15) is 35.5 Å². The van der Waals surface area contributed by atoms with Crippen molar-refractivity contribution in [2.75, 3.05) is 18.6 Å². The van der Waals surface area contributed by atoms with Crippen molar-refractivity contribution in [1.82, 2.24) is 10.3 Å². The summed E-state index contributed by atoms with van der Waals surface area (Å²) in [5.74, 6) is 6.44. The van der Waals surface area contributed by atoms with Crippen LogP contribution in [0.2, 0.25) is 0 Å². The summed E-state index contributed by atoms with van der Waals surface area (Å²) in [5.41, 5.74) is 1.05. The second-order valence-electron chi connectivity index (χ2n) is 8.97. The minimum absolute atomic E-state index is 0.0659. The normalized spacial score (nSPS) is 15.1. The third-order valence-corrected chi connectivity index (χ3v) is 5.45. The van der Waals surface area contributed by atoms with E-state index in [0.29, 0.717) is 28.5 Å². The number of fused-ring (bicyclic) bond motifs is 1. The molecule has 0 aliphatic carbocycles. The van der Waals surface area contributed by atoms with Crippen molar-refractivity contribution >= 4 is 17.5 Å². The maximum atomic E-state index is 13.2. The maximum Gasteiger partial charge on any atom is 0.270 e. The molecule has 0 saturated carbocycles. The van der Waals surface area contributed by atoms with Crippen LogP contribution in [-0.4, -0.2) is 47.2 Å². The van der Waals surface area contributed by atoms with Crippen molar-refractivity contribution in [2.24, 2.45) is 0 Å². The highest BCUT2D eigenvalue weighted by atomic mass is 16.5. The fourth-order valence-corrected chi connectivity index (χ4v) is 3.56. The minimum Gasteiger partial charge on any atom is -0.489 e. The highest BCUT2D eigenvalue weighted by Gasteiger charge is 2.31. The van der Waals surface area contributed by atoms with Gasteiger partial charge in [0.1, 0.15) is 41.2 Å². The lowest BCUT2D eigenvalue weighted by Crippen LogP contribution is -2.49. The largest absolute Gasteiger partial charge is 0.489 e. The molecular formula is C28H27N3O5. The molecule has 0 spiro atoms. The SMILES string of the molecule is Cc1cc2c(cc1C#CC(C)(C)O)OCC(NC(=O)c1cc(Oc3ccccc3)ccn1)C(=O)N2C. The van der Waals surface area contributed by atoms with Gasteiger partial charge in [-0.3, -0.25) is 14.6 Å². The standard InChI is InChI=1S/C28H27N3O5/c1-18-14-24-25(15-19(18)10-12-28(2,3)34)35-17-23(27(33)31(24)4)30-26(32)22-16-21(11-13-29-22)36-20-8-6-5-7-9-20/h5-9,11,13-16,23,34H,17H2,1-4H3,(H,30,32). The van der Waals surface area contributed by atoms with Gasteiger partial charge in [0, 0.05) is 24.9 Å². The number of likely N-dealkylation sites (N-methyl/N-ethyl adjacent to an activating group) is 1. The van der Waals surface area contributed by atoms with Crippen molar-refractivity contribution < 1.29 is 24.2 Å². The molecule has 1 aliphatic heterocycles. The van der Waals surface area contributed by atoms with Crippen molar-refractivity contribution in [2.45, 2.75) is 32.4 Å². The monoisotopic (exact) mass is 485 g/mol. The summed E-state index contributed by atoms with van der Waals surface area (Å²) in [6.07, 6.45) is 1.47. The Balaban J connectivity index is 1.51. The first kappa shape index (κ1) is 24.8. The molecule has 0 fully saturated rings. The Bertz CT molecular complexity index is 1350. The molecule has 2 N–H and O–H groups in total. The van der Waals surface area contributed by atoms with Gasteiger partial charge in [0.25, 0.3) is 11.8 Å². The number of rotatable bonds is 4. The number of hydrogen-bond acceptors (Lipinski definition) is 6. The Labute approximate surface area is 209 Å². The van der Waals surface area contributed by atoms with Crippen LogP contribution in [0.4, 0.5) is 5.69 Å². The number of aryl methyl sites for hydroxylation is 1. The van der Waals surface area contributed by atoms with Gasteiger partial charge in [-0.1, -0.05) is 30.0 Å². The van der Waals surface area contributed by atoms with Gasteiger partial charge in [-0.2, -0.15) is 0 Å². The van der Waals surface area contributed by atoms with Crippen LogP contribution in [0, 0.1) is 18.8 Å². The molecule has 0 radical (unpaired) electrons. The Morgan fingerprint density at radius 3 is 2.67 bits per heavy atom. The van der Waals surface area contributed by atoms with Crippen LogP contribution in [0.15, 0.2) is 60.8 Å². The second-order valence-corrected chi connectivity index (χ2v) is 8.97. The molecule has 3 aromatic rings. The summed E-state index contributed by atoms with van der Waals surface area (Å²) in [6, 6.07) is 15.0. The van der Waals surface area contributed by atoms with Crippen LogP contribution in [0.25, 0.3) is 0 Å². The Morgan fingerprint density at radius 2 is 1.94 bits per heavy atom. The summed E-state index contributed by atoms with van der Waals surface area (Å²) in [5, 5.41) is 12.6. The van der Waals surface area contributed by atoms with E-state index in [9.17, 15) is 14.7 Å². The number of carbonyl (C=O) groups excluding carboxylic acids is 2. The van der Waals surface area contributed by atoms with Gasteiger partial charge in [-0.15, -0.1) is 0 Å². The van der Waals surface area contributed by atoms with E-state index in [1.165, 1.54) is 17.2 Å². The number of nitrogens with one attached hydrogen (secondary N) is 1.